The maximum atomic E-state index is 13.4. The first-order valence-electron chi connectivity index (χ1n) is 11.9. The first-order chi connectivity index (χ1) is 16.6. The Balaban J connectivity index is 1.29. The van der Waals surface area contributed by atoms with Crippen LogP contribution in [0, 0.1) is 23.2 Å². The molecule has 4 fully saturated rings. The van der Waals surface area contributed by atoms with E-state index < -0.39 is 0 Å². The van der Waals surface area contributed by atoms with Gasteiger partial charge in [-0.25, -0.2) is 10.1 Å². The molecule has 34 heavy (non-hydrogen) atoms. The monoisotopic (exact) mass is 473 g/mol. The highest BCUT2D eigenvalue weighted by Crippen LogP contribution is 2.60. The molecule has 4 saturated carbocycles. The Hall–Kier alpha value is -3.26. The third-order valence-electron chi connectivity index (χ3n) is 7.56. The second-order valence-corrected chi connectivity index (χ2v) is 11.0. The van der Waals surface area contributed by atoms with Crippen molar-refractivity contribution in [1.82, 2.24) is 15.2 Å². The quantitative estimate of drug-likeness (QED) is 0.541. The summed E-state index contributed by atoms with van der Waals surface area (Å²) in [6, 6.07) is 18.8. The number of hydrogen-bond acceptors (Lipinski definition) is 5. The normalized spacial score (nSPS) is 27.5. The minimum atomic E-state index is -0.310. The lowest BCUT2D eigenvalue weighted by Gasteiger charge is -2.55. The van der Waals surface area contributed by atoms with Crippen LogP contribution in [-0.2, 0) is 4.79 Å². The zero-order chi connectivity index (χ0) is 23.1. The molecule has 2 aromatic carbocycles. The van der Waals surface area contributed by atoms with Gasteiger partial charge in [-0.15, -0.1) is 10.2 Å². The summed E-state index contributed by atoms with van der Waals surface area (Å²) in [6.07, 6.45) is 6.79. The van der Waals surface area contributed by atoms with Crippen molar-refractivity contribution >= 4 is 28.8 Å². The van der Waals surface area contributed by atoms with Gasteiger partial charge in [-0.1, -0.05) is 47.7 Å². The molecule has 4 aliphatic carbocycles. The Morgan fingerprint density at radius 1 is 0.912 bits per heavy atom. The van der Waals surface area contributed by atoms with E-state index in [1.807, 2.05) is 60.7 Å². The fourth-order valence-corrected chi connectivity index (χ4v) is 7.26. The molecule has 0 saturated heterocycles. The van der Waals surface area contributed by atoms with Gasteiger partial charge in [0.05, 0.1) is 11.1 Å². The summed E-state index contributed by atoms with van der Waals surface area (Å²) in [6.45, 7) is 0. The second kappa shape index (κ2) is 8.51. The van der Waals surface area contributed by atoms with E-state index >= 15 is 0 Å². The van der Waals surface area contributed by atoms with Gasteiger partial charge in [0.25, 0.3) is 5.91 Å². The van der Waals surface area contributed by atoms with E-state index in [4.69, 9.17) is 0 Å². The topological polar surface area (TPSA) is 88.4 Å². The van der Waals surface area contributed by atoms with E-state index in [1.54, 1.807) is 4.68 Å². The van der Waals surface area contributed by atoms with Gasteiger partial charge in [0, 0.05) is 5.69 Å². The molecule has 0 aliphatic heterocycles. The molecule has 7 nitrogen and oxygen atoms in total. The van der Waals surface area contributed by atoms with Gasteiger partial charge in [-0.3, -0.25) is 9.59 Å². The Bertz CT molecular complexity index is 1250. The largest absolute Gasteiger partial charge is 0.320 e. The number of aromatic nitrogens is 2. The highest BCUT2D eigenvalue weighted by Gasteiger charge is 2.54. The Morgan fingerprint density at radius 3 is 2.12 bits per heavy atom. The Labute approximate surface area is 201 Å². The van der Waals surface area contributed by atoms with Crippen LogP contribution in [0.25, 0.3) is 5.69 Å². The lowest BCUT2D eigenvalue weighted by molar-refractivity contribution is -0.146. The van der Waals surface area contributed by atoms with Crippen LogP contribution in [0.15, 0.2) is 65.8 Å². The van der Waals surface area contributed by atoms with Crippen LogP contribution in [0.1, 0.15) is 48.3 Å². The van der Waals surface area contributed by atoms with Gasteiger partial charge in [-0.05, 0) is 80.5 Å². The van der Waals surface area contributed by atoms with Gasteiger partial charge in [0.2, 0.25) is 15.7 Å². The number of hydrogen-bond donors (Lipinski definition) is 2. The molecule has 2 N–H and O–H groups in total. The predicted molar refractivity (Wildman–Crippen MR) is 130 cm³/mol. The highest BCUT2D eigenvalue weighted by molar-refractivity contribution is 7.11. The SMILES string of the molecule is O=C(Nc1ccccc1)c1nn(-c2ccccc2)/c(=N\NC(=O)C23CC4CC(CC(C4)C2)C3)s1. The molecule has 8 heteroatoms. The smallest absolute Gasteiger partial charge is 0.286 e. The number of rotatable bonds is 5. The van der Waals surface area contributed by atoms with Crippen molar-refractivity contribution in [1.29, 1.82) is 0 Å². The minimum Gasteiger partial charge on any atom is -0.320 e. The van der Waals surface area contributed by atoms with E-state index in [1.165, 1.54) is 19.3 Å². The van der Waals surface area contributed by atoms with E-state index in [9.17, 15) is 9.59 Å². The predicted octanol–water partition coefficient (Wildman–Crippen LogP) is 4.33. The van der Waals surface area contributed by atoms with Crippen LogP contribution in [0.5, 0.6) is 0 Å². The lowest BCUT2D eigenvalue weighted by atomic mass is 9.49. The average molecular weight is 474 g/mol. The van der Waals surface area contributed by atoms with Crippen molar-refractivity contribution in [2.24, 2.45) is 28.3 Å². The summed E-state index contributed by atoms with van der Waals surface area (Å²) in [7, 11) is 0. The third kappa shape index (κ3) is 3.96. The molecule has 4 bridgehead atoms. The van der Waals surface area contributed by atoms with E-state index in [2.05, 4.69) is 20.9 Å². The van der Waals surface area contributed by atoms with Crippen LogP contribution in [0.3, 0.4) is 0 Å². The average Bonchev–Trinajstić information content (AvgIpc) is 3.27. The number of amides is 2. The zero-order valence-electron chi connectivity index (χ0n) is 18.8. The summed E-state index contributed by atoms with van der Waals surface area (Å²) in [5.74, 6) is 1.76. The molecule has 0 radical (unpaired) electrons. The highest BCUT2D eigenvalue weighted by atomic mass is 32.1. The summed E-state index contributed by atoms with van der Waals surface area (Å²) < 4.78 is 1.62. The standard InChI is InChI=1S/C26H27N5O2S/c32-22(27-20-7-3-1-4-8-20)23-30-31(21-9-5-2-6-10-21)25(34-23)29-28-24(33)26-14-17-11-18(15-26)13-19(12-17)16-26/h1-10,17-19H,11-16H2,(H,27,32)(H,28,33)/b29-25+. The molecule has 0 spiro atoms. The fourth-order valence-electron chi connectivity index (χ4n) is 6.49. The number of benzene rings is 2. The van der Waals surface area contributed by atoms with Gasteiger partial charge in [-0.2, -0.15) is 0 Å². The molecular formula is C26H27N5O2S. The Kier molecular flexibility index (Phi) is 5.32. The number of carbonyl (C=O) groups is 2. The third-order valence-corrected chi connectivity index (χ3v) is 8.47. The number of nitrogens with zero attached hydrogens (tertiary/aromatic N) is 3. The number of para-hydroxylation sites is 2. The van der Waals surface area contributed by atoms with Crippen molar-refractivity contribution in [2.75, 3.05) is 5.32 Å². The molecule has 4 aliphatic rings. The summed E-state index contributed by atoms with van der Waals surface area (Å²) in [5.41, 5.74) is 4.06. The van der Waals surface area contributed by atoms with Crippen molar-refractivity contribution in [2.45, 2.75) is 38.5 Å². The van der Waals surface area contributed by atoms with Crippen LogP contribution in [0.2, 0.25) is 0 Å². The van der Waals surface area contributed by atoms with Gasteiger partial charge in [0.1, 0.15) is 0 Å². The number of nitrogens with one attached hydrogen (secondary N) is 2. The molecule has 0 atom stereocenters. The molecule has 1 aromatic heterocycles. The van der Waals surface area contributed by atoms with Crippen LogP contribution in [-0.4, -0.2) is 21.6 Å². The second-order valence-electron chi connectivity index (χ2n) is 10.0. The van der Waals surface area contributed by atoms with Crippen molar-refractivity contribution in [3.05, 3.63) is 70.5 Å². The van der Waals surface area contributed by atoms with Crippen LogP contribution < -0.4 is 15.5 Å². The molecule has 1 heterocycles. The first kappa shape index (κ1) is 21.3. The lowest BCUT2D eigenvalue weighted by Crippen LogP contribution is -2.53. The molecule has 0 unspecified atom stereocenters. The summed E-state index contributed by atoms with van der Waals surface area (Å²) in [5, 5.41) is 12.2. The molecule has 2 amide bonds. The summed E-state index contributed by atoms with van der Waals surface area (Å²) in [4.78, 5) is 26.7. The summed E-state index contributed by atoms with van der Waals surface area (Å²) >= 11 is 1.16. The molecule has 174 valence electrons. The van der Waals surface area contributed by atoms with Crippen molar-refractivity contribution < 1.29 is 9.59 Å². The van der Waals surface area contributed by atoms with E-state index in [0.29, 0.717) is 28.2 Å². The van der Waals surface area contributed by atoms with Crippen molar-refractivity contribution in [3.63, 3.8) is 0 Å². The van der Waals surface area contributed by atoms with Crippen molar-refractivity contribution in [3.8, 4) is 5.69 Å². The van der Waals surface area contributed by atoms with Crippen LogP contribution >= 0.6 is 11.3 Å². The van der Waals surface area contributed by atoms with E-state index in [-0.39, 0.29) is 22.2 Å². The minimum absolute atomic E-state index is 0.0231. The van der Waals surface area contributed by atoms with E-state index in [0.717, 1.165) is 36.3 Å². The Morgan fingerprint density at radius 2 is 1.50 bits per heavy atom. The zero-order valence-corrected chi connectivity index (χ0v) is 19.6. The maximum Gasteiger partial charge on any atom is 0.286 e. The van der Waals surface area contributed by atoms with Gasteiger partial charge < -0.3 is 5.32 Å². The van der Waals surface area contributed by atoms with Gasteiger partial charge in [0.15, 0.2) is 0 Å². The van der Waals surface area contributed by atoms with Gasteiger partial charge >= 0.3 is 0 Å². The van der Waals surface area contributed by atoms with Crippen LogP contribution in [0.4, 0.5) is 5.69 Å². The fraction of sp³-hybridized carbons (Fsp3) is 0.385. The molecule has 7 rings (SSSR count). The molecule has 3 aromatic rings. The maximum absolute atomic E-state index is 13.4. The number of carbonyl (C=O) groups excluding carboxylic acids is 2. The molecular weight excluding hydrogens is 446 g/mol. The first-order valence-corrected chi connectivity index (χ1v) is 12.8. The number of anilines is 1.